The van der Waals surface area contributed by atoms with Crippen molar-refractivity contribution in [2.75, 3.05) is 0 Å². The van der Waals surface area contributed by atoms with Gasteiger partial charge in [-0.1, -0.05) is 32.9 Å². The van der Waals surface area contributed by atoms with E-state index >= 15 is 0 Å². The number of sulfonamides is 1. The minimum Gasteiger partial charge on any atom is -0.480 e. The molecule has 0 spiro atoms. The molecule has 6 heteroatoms. The van der Waals surface area contributed by atoms with Crippen molar-refractivity contribution in [2.24, 2.45) is 0 Å². The van der Waals surface area contributed by atoms with Crippen LogP contribution in [0.5, 0.6) is 0 Å². The summed E-state index contributed by atoms with van der Waals surface area (Å²) in [5.41, 5.74) is 2.56. The third kappa shape index (κ3) is 4.04. The Morgan fingerprint density at radius 2 is 1.62 bits per heavy atom. The van der Waals surface area contributed by atoms with Gasteiger partial charge in [0.1, 0.15) is 6.04 Å². The van der Waals surface area contributed by atoms with Crippen molar-refractivity contribution in [3.8, 4) is 0 Å². The Hall–Kier alpha value is -1.40. The SMILES string of the molecule is CCc1cc(CC)c(S(=O)(=O)N[C@@H](C)C(=O)O)c(CC)c1. The molecule has 0 unspecified atom stereocenters. The lowest BCUT2D eigenvalue weighted by Crippen LogP contribution is -2.39. The van der Waals surface area contributed by atoms with Crippen LogP contribution in [-0.2, 0) is 34.1 Å². The third-order valence-electron chi connectivity index (χ3n) is 3.44. The fourth-order valence-electron chi connectivity index (χ4n) is 2.24. The minimum absolute atomic E-state index is 0.234. The van der Waals surface area contributed by atoms with Gasteiger partial charge in [-0.15, -0.1) is 0 Å². The highest BCUT2D eigenvalue weighted by Gasteiger charge is 2.26. The lowest BCUT2D eigenvalue weighted by molar-refractivity contribution is -0.138. The van der Waals surface area contributed by atoms with E-state index in [1.165, 1.54) is 6.92 Å². The first kappa shape index (κ1) is 17.7. The number of hydrogen-bond acceptors (Lipinski definition) is 3. The summed E-state index contributed by atoms with van der Waals surface area (Å²) in [6.07, 6.45) is 2.00. The van der Waals surface area contributed by atoms with Gasteiger partial charge in [-0.3, -0.25) is 4.79 Å². The van der Waals surface area contributed by atoms with Crippen molar-refractivity contribution >= 4 is 16.0 Å². The number of nitrogens with one attached hydrogen (secondary N) is 1. The maximum Gasteiger partial charge on any atom is 0.321 e. The maximum absolute atomic E-state index is 12.5. The lowest BCUT2D eigenvalue weighted by atomic mass is 10.0. The minimum atomic E-state index is -3.85. The standard InChI is InChI=1S/C15H23NO4S/c1-5-11-8-12(6-2)14(13(7-3)9-11)21(19,20)16-10(4)15(17)18/h8-10,16H,5-7H2,1-4H3,(H,17,18)/t10-/m0/s1. The molecule has 0 aliphatic heterocycles. The molecule has 1 aromatic rings. The summed E-state index contributed by atoms with van der Waals surface area (Å²) in [6, 6.07) is 2.62. The van der Waals surface area contributed by atoms with E-state index in [9.17, 15) is 13.2 Å². The van der Waals surface area contributed by atoms with Gasteiger partial charge in [0.25, 0.3) is 0 Å². The van der Waals surface area contributed by atoms with Gasteiger partial charge in [-0.25, -0.2) is 8.42 Å². The smallest absolute Gasteiger partial charge is 0.321 e. The predicted octanol–water partition coefficient (Wildman–Crippen LogP) is 2.13. The Morgan fingerprint density at radius 3 is 1.95 bits per heavy atom. The van der Waals surface area contributed by atoms with Crippen LogP contribution >= 0.6 is 0 Å². The van der Waals surface area contributed by atoms with Gasteiger partial charge in [0.15, 0.2) is 0 Å². The molecule has 0 amide bonds. The molecule has 1 atom stereocenters. The molecule has 0 bridgehead atoms. The van der Waals surface area contributed by atoms with Crippen LogP contribution in [0.2, 0.25) is 0 Å². The number of carboxylic acids is 1. The highest BCUT2D eigenvalue weighted by molar-refractivity contribution is 7.89. The number of carboxylic acid groups (broad SMARTS) is 1. The zero-order chi connectivity index (χ0) is 16.2. The average Bonchev–Trinajstić information content (AvgIpc) is 2.44. The summed E-state index contributed by atoms with van der Waals surface area (Å²) in [5, 5.41) is 8.90. The zero-order valence-electron chi connectivity index (χ0n) is 12.9. The van der Waals surface area contributed by atoms with Gasteiger partial charge in [-0.2, -0.15) is 4.72 Å². The van der Waals surface area contributed by atoms with E-state index < -0.39 is 22.0 Å². The summed E-state index contributed by atoms with van der Waals surface area (Å²) < 4.78 is 27.3. The van der Waals surface area contributed by atoms with Crippen LogP contribution in [0.1, 0.15) is 44.4 Å². The van der Waals surface area contributed by atoms with Crippen LogP contribution in [0.25, 0.3) is 0 Å². The normalized spacial score (nSPS) is 13.1. The maximum atomic E-state index is 12.5. The molecule has 0 saturated carbocycles. The molecule has 0 aromatic heterocycles. The van der Waals surface area contributed by atoms with E-state index in [1.807, 2.05) is 32.9 Å². The number of hydrogen-bond donors (Lipinski definition) is 2. The van der Waals surface area contributed by atoms with Crippen LogP contribution in [0.4, 0.5) is 0 Å². The molecular formula is C15H23NO4S. The molecule has 1 rings (SSSR count). The Labute approximate surface area is 126 Å². The highest BCUT2D eigenvalue weighted by Crippen LogP contribution is 2.25. The topological polar surface area (TPSA) is 83.5 Å². The van der Waals surface area contributed by atoms with Gasteiger partial charge in [-0.05, 0) is 42.9 Å². The molecule has 1 aromatic carbocycles. The Bertz CT molecular complexity index is 598. The largest absolute Gasteiger partial charge is 0.480 e. The first-order valence-electron chi connectivity index (χ1n) is 7.16. The first-order chi connectivity index (χ1) is 9.76. The molecule has 0 heterocycles. The van der Waals surface area contributed by atoms with Crippen LogP contribution in [0.3, 0.4) is 0 Å². The van der Waals surface area contributed by atoms with Gasteiger partial charge < -0.3 is 5.11 Å². The van der Waals surface area contributed by atoms with Crippen LogP contribution in [0, 0.1) is 0 Å². The van der Waals surface area contributed by atoms with E-state index in [0.29, 0.717) is 12.8 Å². The predicted molar refractivity (Wildman–Crippen MR) is 82.0 cm³/mol. The van der Waals surface area contributed by atoms with Gasteiger partial charge in [0, 0.05) is 0 Å². The Balaban J connectivity index is 3.43. The molecule has 5 nitrogen and oxygen atoms in total. The lowest BCUT2D eigenvalue weighted by Gasteiger charge is -2.17. The zero-order valence-corrected chi connectivity index (χ0v) is 13.8. The van der Waals surface area contributed by atoms with Crippen molar-refractivity contribution in [3.05, 3.63) is 28.8 Å². The first-order valence-corrected chi connectivity index (χ1v) is 8.64. The van der Waals surface area contributed by atoms with E-state index in [2.05, 4.69) is 4.72 Å². The number of rotatable bonds is 7. The fraction of sp³-hybridized carbons (Fsp3) is 0.533. The molecule has 0 saturated heterocycles. The van der Waals surface area contributed by atoms with Crippen molar-refractivity contribution in [3.63, 3.8) is 0 Å². The fourth-order valence-corrected chi connectivity index (χ4v) is 4.02. The third-order valence-corrected chi connectivity index (χ3v) is 5.17. The van der Waals surface area contributed by atoms with E-state index in [0.717, 1.165) is 23.1 Å². The van der Waals surface area contributed by atoms with Crippen LogP contribution in [-0.4, -0.2) is 25.5 Å². The summed E-state index contributed by atoms with van der Waals surface area (Å²) in [7, 11) is -3.85. The molecule has 0 fully saturated rings. The molecule has 0 aliphatic carbocycles. The average molecular weight is 313 g/mol. The monoisotopic (exact) mass is 313 g/mol. The molecule has 0 aliphatic rings. The molecule has 0 radical (unpaired) electrons. The number of carbonyl (C=O) groups is 1. The summed E-state index contributed by atoms with van der Waals surface area (Å²) in [4.78, 5) is 11.1. The second-order valence-electron chi connectivity index (χ2n) is 4.99. The van der Waals surface area contributed by atoms with Crippen LogP contribution in [0.15, 0.2) is 17.0 Å². The molecule has 2 N–H and O–H groups in total. The number of aryl methyl sites for hydroxylation is 3. The van der Waals surface area contributed by atoms with Gasteiger partial charge in [0.2, 0.25) is 10.0 Å². The van der Waals surface area contributed by atoms with Gasteiger partial charge in [0.05, 0.1) is 4.90 Å². The highest BCUT2D eigenvalue weighted by atomic mass is 32.2. The van der Waals surface area contributed by atoms with Crippen molar-refractivity contribution in [2.45, 2.75) is 57.9 Å². The summed E-state index contributed by atoms with van der Waals surface area (Å²) >= 11 is 0. The van der Waals surface area contributed by atoms with Crippen molar-refractivity contribution in [1.82, 2.24) is 4.72 Å². The van der Waals surface area contributed by atoms with E-state index in [-0.39, 0.29) is 4.90 Å². The summed E-state index contributed by atoms with van der Waals surface area (Å²) in [6.45, 7) is 7.13. The molecular weight excluding hydrogens is 290 g/mol. The second-order valence-corrected chi connectivity index (χ2v) is 6.64. The second kappa shape index (κ2) is 7.04. The van der Waals surface area contributed by atoms with Crippen LogP contribution < -0.4 is 4.72 Å². The quantitative estimate of drug-likeness (QED) is 0.807. The van der Waals surface area contributed by atoms with E-state index in [4.69, 9.17) is 5.11 Å². The van der Waals surface area contributed by atoms with Crippen molar-refractivity contribution < 1.29 is 18.3 Å². The molecule has 21 heavy (non-hydrogen) atoms. The summed E-state index contributed by atoms with van der Waals surface area (Å²) in [5.74, 6) is -1.19. The van der Waals surface area contributed by atoms with Crippen molar-refractivity contribution in [1.29, 1.82) is 0 Å². The Kier molecular flexibility index (Phi) is 5.92. The van der Waals surface area contributed by atoms with Gasteiger partial charge >= 0.3 is 5.97 Å². The number of aliphatic carboxylic acids is 1. The Morgan fingerprint density at radius 1 is 1.14 bits per heavy atom. The van der Waals surface area contributed by atoms with E-state index in [1.54, 1.807) is 0 Å². The molecule has 118 valence electrons. The number of benzene rings is 1.